The number of halogens is 1. The first kappa shape index (κ1) is 22.0. The van der Waals surface area contributed by atoms with Gasteiger partial charge in [-0.05, 0) is 36.8 Å². The highest BCUT2D eigenvalue weighted by atomic mass is 79.9. The van der Waals surface area contributed by atoms with E-state index in [2.05, 4.69) is 39.4 Å². The molecule has 0 saturated heterocycles. The summed E-state index contributed by atoms with van der Waals surface area (Å²) in [4.78, 5) is 18.5. The molecule has 0 bridgehead atoms. The Labute approximate surface area is 178 Å². The summed E-state index contributed by atoms with van der Waals surface area (Å²) in [5.74, 6) is 0.396. The molecular formula is C21H22BrN5O2. The lowest BCUT2D eigenvalue weighted by atomic mass is 10.2. The summed E-state index contributed by atoms with van der Waals surface area (Å²) in [5.41, 5.74) is 0.684. The van der Waals surface area contributed by atoms with E-state index in [9.17, 15) is 4.79 Å². The van der Waals surface area contributed by atoms with E-state index in [1.807, 2.05) is 0 Å². The third-order valence-corrected chi connectivity index (χ3v) is 4.26. The minimum absolute atomic E-state index is 0.0342. The Balaban J connectivity index is 2.22. The van der Waals surface area contributed by atoms with Crippen LogP contribution in [0.15, 0.2) is 66.2 Å². The second-order valence-electron chi connectivity index (χ2n) is 5.85. The fraction of sp³-hybridized carbons (Fsp3) is 0.143. The van der Waals surface area contributed by atoms with E-state index in [-0.39, 0.29) is 17.6 Å². The smallest absolute Gasteiger partial charge is 0.260 e. The number of amidine groups is 1. The molecule has 0 fully saturated rings. The summed E-state index contributed by atoms with van der Waals surface area (Å²) in [6.07, 6.45) is 5.03. The molecule has 0 aliphatic heterocycles. The van der Waals surface area contributed by atoms with E-state index in [1.165, 1.54) is 4.90 Å². The Bertz CT molecular complexity index is 929. The Hall–Kier alpha value is -3.26. The molecule has 8 heteroatoms. The molecule has 1 aromatic heterocycles. The van der Waals surface area contributed by atoms with Gasteiger partial charge in [0.25, 0.3) is 5.91 Å². The molecular weight excluding hydrogens is 434 g/mol. The summed E-state index contributed by atoms with van der Waals surface area (Å²) in [7, 11) is 0. The maximum absolute atomic E-state index is 12.8. The zero-order chi connectivity index (χ0) is 21.2. The lowest BCUT2D eigenvalue weighted by molar-refractivity contribution is 0.102. The molecule has 0 aliphatic rings. The Morgan fingerprint density at radius 3 is 2.76 bits per heavy atom. The maximum Gasteiger partial charge on any atom is 0.260 e. The first-order chi connectivity index (χ1) is 14.0. The zero-order valence-electron chi connectivity index (χ0n) is 15.8. The molecule has 1 heterocycles. The van der Waals surface area contributed by atoms with Gasteiger partial charge in [0.05, 0.1) is 18.5 Å². The van der Waals surface area contributed by atoms with Crippen molar-refractivity contribution in [3.63, 3.8) is 0 Å². The van der Waals surface area contributed by atoms with Gasteiger partial charge in [-0.1, -0.05) is 34.1 Å². The van der Waals surface area contributed by atoms with E-state index < -0.39 is 0 Å². The van der Waals surface area contributed by atoms with Crippen LogP contribution in [0.2, 0.25) is 0 Å². The Kier molecular flexibility index (Phi) is 8.29. The summed E-state index contributed by atoms with van der Waals surface area (Å²) in [5, 5.41) is 18.4. The minimum atomic E-state index is -0.383. The third-order valence-electron chi connectivity index (χ3n) is 3.77. The van der Waals surface area contributed by atoms with Crippen molar-refractivity contribution in [2.24, 2.45) is 0 Å². The molecule has 2 rings (SSSR count). The number of anilines is 1. The van der Waals surface area contributed by atoms with Gasteiger partial charge in [0.15, 0.2) is 5.84 Å². The summed E-state index contributed by atoms with van der Waals surface area (Å²) in [6, 6.07) is 10.1. The molecule has 1 amide bonds. The van der Waals surface area contributed by atoms with Crippen molar-refractivity contribution in [3.05, 3.63) is 77.4 Å². The van der Waals surface area contributed by atoms with Crippen LogP contribution < -0.4 is 10.1 Å². The van der Waals surface area contributed by atoms with E-state index in [0.717, 1.165) is 10.8 Å². The van der Waals surface area contributed by atoms with Gasteiger partial charge in [0, 0.05) is 11.0 Å². The molecule has 29 heavy (non-hydrogen) atoms. The quantitative estimate of drug-likeness (QED) is 0.212. The van der Waals surface area contributed by atoms with Gasteiger partial charge < -0.3 is 15.0 Å². The number of ether oxygens (including phenoxy) is 1. The van der Waals surface area contributed by atoms with Crippen molar-refractivity contribution in [1.29, 1.82) is 10.8 Å². The average molecular weight is 456 g/mol. The average Bonchev–Trinajstić information content (AvgIpc) is 2.72. The third kappa shape index (κ3) is 6.11. The van der Waals surface area contributed by atoms with E-state index in [0.29, 0.717) is 36.6 Å². The first-order valence-corrected chi connectivity index (χ1v) is 9.58. The number of aromatic nitrogens is 1. The zero-order valence-corrected chi connectivity index (χ0v) is 17.4. The number of hydrogen-bond donors (Lipinski definition) is 3. The Morgan fingerprint density at radius 1 is 1.28 bits per heavy atom. The monoisotopic (exact) mass is 455 g/mol. The highest BCUT2D eigenvalue weighted by Crippen LogP contribution is 2.24. The van der Waals surface area contributed by atoms with Crippen LogP contribution >= 0.6 is 15.9 Å². The van der Waals surface area contributed by atoms with Gasteiger partial charge >= 0.3 is 0 Å². The lowest BCUT2D eigenvalue weighted by Crippen LogP contribution is -2.30. The van der Waals surface area contributed by atoms with Gasteiger partial charge in [0.1, 0.15) is 17.3 Å². The second kappa shape index (κ2) is 10.9. The molecule has 0 spiro atoms. The van der Waals surface area contributed by atoms with Crippen molar-refractivity contribution in [1.82, 2.24) is 9.88 Å². The number of nitrogens with zero attached hydrogens (tertiary/aromatic N) is 2. The van der Waals surface area contributed by atoms with Crippen LogP contribution in [0.4, 0.5) is 5.82 Å². The number of amides is 1. The molecule has 7 nitrogen and oxygen atoms in total. The number of benzene rings is 1. The van der Waals surface area contributed by atoms with Crippen LogP contribution in [0.5, 0.6) is 5.75 Å². The first-order valence-electron chi connectivity index (χ1n) is 8.78. The van der Waals surface area contributed by atoms with Crippen LogP contribution in [0.3, 0.4) is 0 Å². The van der Waals surface area contributed by atoms with E-state index in [1.54, 1.807) is 48.6 Å². The number of hydrogen-bond acceptors (Lipinski definition) is 5. The normalized spacial score (nSPS) is 9.97. The largest absolute Gasteiger partial charge is 0.492 e. The minimum Gasteiger partial charge on any atom is -0.492 e. The number of pyridine rings is 1. The van der Waals surface area contributed by atoms with Gasteiger partial charge in [0.2, 0.25) is 0 Å². The topological polar surface area (TPSA) is 102 Å². The molecule has 150 valence electrons. The molecule has 0 saturated carbocycles. The molecule has 0 atom stereocenters. The van der Waals surface area contributed by atoms with Crippen molar-refractivity contribution in [3.8, 4) is 5.75 Å². The fourth-order valence-corrected chi connectivity index (χ4v) is 2.73. The second-order valence-corrected chi connectivity index (χ2v) is 6.76. The van der Waals surface area contributed by atoms with Crippen molar-refractivity contribution >= 4 is 39.8 Å². The predicted octanol–water partition coefficient (Wildman–Crippen LogP) is 4.47. The van der Waals surface area contributed by atoms with Crippen molar-refractivity contribution in [2.75, 3.05) is 18.5 Å². The van der Waals surface area contributed by atoms with Crippen molar-refractivity contribution in [2.45, 2.75) is 6.42 Å². The molecule has 0 unspecified atom stereocenters. The van der Waals surface area contributed by atoms with Gasteiger partial charge in [-0.25, -0.2) is 4.98 Å². The lowest BCUT2D eigenvalue weighted by Gasteiger charge is -2.17. The molecule has 2 aromatic rings. The van der Waals surface area contributed by atoms with Crippen LogP contribution in [-0.4, -0.2) is 41.1 Å². The van der Waals surface area contributed by atoms with Crippen LogP contribution in [-0.2, 0) is 0 Å². The maximum atomic E-state index is 12.8. The van der Waals surface area contributed by atoms with Crippen LogP contribution in [0.1, 0.15) is 22.5 Å². The highest BCUT2D eigenvalue weighted by molar-refractivity contribution is 9.10. The number of nitrogens with one attached hydrogen (secondary N) is 3. The van der Waals surface area contributed by atoms with Gasteiger partial charge in [-0.15, -0.1) is 13.2 Å². The van der Waals surface area contributed by atoms with E-state index >= 15 is 0 Å². The number of rotatable bonds is 10. The standard InChI is InChI=1S/C21H22BrN5O2/c1-3-5-12-29-18-10-9-15(22)13-16(18)21(28)26-19-8-6-7-17(25-19)20(24)27(14-23)11-4-2/h3-4,6-10,13-14,23-24H,1-2,5,11-12H2,(H,25,26,28). The van der Waals surface area contributed by atoms with Crippen LogP contribution in [0, 0.1) is 10.8 Å². The Morgan fingerprint density at radius 2 is 2.07 bits per heavy atom. The molecule has 3 N–H and O–H groups in total. The van der Waals surface area contributed by atoms with E-state index in [4.69, 9.17) is 15.6 Å². The van der Waals surface area contributed by atoms with Crippen LogP contribution in [0.25, 0.3) is 0 Å². The predicted molar refractivity (Wildman–Crippen MR) is 119 cm³/mol. The SMILES string of the molecule is C=CCCOc1ccc(Br)cc1C(=O)Nc1cccc(C(=N)N(C=N)CC=C)n1. The number of carbonyl (C=O) groups excluding carboxylic acids is 1. The summed E-state index contributed by atoms with van der Waals surface area (Å²) >= 11 is 3.37. The highest BCUT2D eigenvalue weighted by Gasteiger charge is 2.16. The van der Waals surface area contributed by atoms with Gasteiger partial charge in [-0.2, -0.15) is 0 Å². The number of carbonyl (C=O) groups is 1. The summed E-state index contributed by atoms with van der Waals surface area (Å²) in [6.45, 7) is 8.00. The molecule has 0 radical (unpaired) electrons. The fourth-order valence-electron chi connectivity index (χ4n) is 2.37. The van der Waals surface area contributed by atoms with Crippen molar-refractivity contribution < 1.29 is 9.53 Å². The van der Waals surface area contributed by atoms with Gasteiger partial charge in [-0.3, -0.25) is 15.6 Å². The molecule has 0 aliphatic carbocycles. The summed E-state index contributed by atoms with van der Waals surface area (Å²) < 4.78 is 6.42. The molecule has 1 aromatic carbocycles.